The molecule has 108 valence electrons. The minimum atomic E-state index is 0.809. The molecule has 1 heterocycles. The van der Waals surface area contributed by atoms with Gasteiger partial charge in [0.2, 0.25) is 0 Å². The maximum Gasteiger partial charge on any atom is 0.127 e. The first-order valence-corrected chi connectivity index (χ1v) is 8.37. The number of hydrogen-bond acceptors (Lipinski definition) is 3. The van der Waals surface area contributed by atoms with Crippen LogP contribution in [0.2, 0.25) is 0 Å². The van der Waals surface area contributed by atoms with Gasteiger partial charge in [0.1, 0.15) is 11.6 Å². The summed E-state index contributed by atoms with van der Waals surface area (Å²) in [7, 11) is 0. The van der Waals surface area contributed by atoms with E-state index in [1.54, 1.807) is 0 Å². The van der Waals surface area contributed by atoms with Crippen LogP contribution in [0.3, 0.4) is 0 Å². The lowest BCUT2D eigenvalue weighted by Gasteiger charge is -2.09. The Morgan fingerprint density at radius 3 is 2.60 bits per heavy atom. The van der Waals surface area contributed by atoms with Crippen LogP contribution >= 0.6 is 11.8 Å². The van der Waals surface area contributed by atoms with Crippen LogP contribution in [-0.2, 0) is 19.4 Å². The van der Waals surface area contributed by atoms with Gasteiger partial charge >= 0.3 is 0 Å². The summed E-state index contributed by atoms with van der Waals surface area (Å²) in [5.74, 6) is 4.16. The third kappa shape index (κ3) is 3.57. The molecule has 0 atom stereocenters. The van der Waals surface area contributed by atoms with Gasteiger partial charge in [0.15, 0.2) is 0 Å². The highest BCUT2D eigenvalue weighted by atomic mass is 32.2. The lowest BCUT2D eigenvalue weighted by molar-refractivity contribution is 0.740. The predicted molar refractivity (Wildman–Crippen MR) is 88.3 cm³/mol. The molecule has 0 aliphatic carbocycles. The highest BCUT2D eigenvalue weighted by Crippen LogP contribution is 2.19. The molecule has 0 fully saturated rings. The van der Waals surface area contributed by atoms with Gasteiger partial charge in [-0.25, -0.2) is 4.98 Å². The largest absolute Gasteiger partial charge is 0.384 e. The lowest BCUT2D eigenvalue weighted by atomic mass is 10.2. The summed E-state index contributed by atoms with van der Waals surface area (Å²) in [5, 5.41) is 0. The zero-order valence-corrected chi connectivity index (χ0v) is 13.1. The van der Waals surface area contributed by atoms with E-state index in [0.29, 0.717) is 0 Å². The molecule has 2 rings (SSSR count). The molecule has 0 saturated carbocycles. The Morgan fingerprint density at radius 1 is 1.20 bits per heavy atom. The van der Waals surface area contributed by atoms with Crippen molar-refractivity contribution in [3.8, 4) is 0 Å². The number of imidazole rings is 1. The van der Waals surface area contributed by atoms with Crippen LogP contribution in [0.5, 0.6) is 0 Å². The monoisotopic (exact) mass is 289 g/mol. The fourth-order valence-electron chi connectivity index (χ4n) is 2.28. The van der Waals surface area contributed by atoms with Crippen molar-refractivity contribution in [1.29, 1.82) is 0 Å². The average molecular weight is 289 g/mol. The molecule has 4 heteroatoms. The number of hydrogen-bond donors (Lipinski definition) is 1. The van der Waals surface area contributed by atoms with E-state index >= 15 is 0 Å². The molecule has 1 aromatic carbocycles. The van der Waals surface area contributed by atoms with Crippen molar-refractivity contribution < 1.29 is 0 Å². The van der Waals surface area contributed by atoms with Gasteiger partial charge in [-0.3, -0.25) is 0 Å². The Labute approximate surface area is 125 Å². The van der Waals surface area contributed by atoms with Crippen molar-refractivity contribution >= 4 is 17.6 Å². The summed E-state index contributed by atoms with van der Waals surface area (Å²) < 4.78 is 2.15. The average Bonchev–Trinajstić information content (AvgIpc) is 2.77. The topological polar surface area (TPSA) is 43.8 Å². The van der Waals surface area contributed by atoms with Crippen LogP contribution in [-0.4, -0.2) is 21.1 Å². The molecule has 1 aromatic heterocycles. The predicted octanol–water partition coefficient (Wildman–Crippen LogP) is 3.37. The van der Waals surface area contributed by atoms with Gasteiger partial charge in [0, 0.05) is 12.8 Å². The first kappa shape index (κ1) is 15.0. The fourth-order valence-corrected chi connectivity index (χ4v) is 2.90. The van der Waals surface area contributed by atoms with Gasteiger partial charge in [-0.1, -0.05) is 44.2 Å². The number of nitrogen functional groups attached to an aromatic ring is 1. The number of nitrogens with zero attached hydrogens (tertiary/aromatic N) is 2. The third-order valence-corrected chi connectivity index (χ3v) is 4.25. The van der Waals surface area contributed by atoms with Crippen LogP contribution in [0.25, 0.3) is 0 Å². The summed E-state index contributed by atoms with van der Waals surface area (Å²) >= 11 is 1.93. The molecular formula is C16H23N3S. The molecular weight excluding hydrogens is 266 g/mol. The van der Waals surface area contributed by atoms with Crippen LogP contribution in [0, 0.1) is 0 Å². The summed E-state index contributed by atoms with van der Waals surface area (Å²) in [6.07, 6.45) is 1.87. The van der Waals surface area contributed by atoms with Crippen LogP contribution < -0.4 is 5.73 Å². The summed E-state index contributed by atoms with van der Waals surface area (Å²) in [4.78, 5) is 4.72. The molecule has 0 aliphatic heterocycles. The fraction of sp³-hybridized carbons (Fsp3) is 0.438. The normalized spacial score (nSPS) is 10.9. The first-order chi connectivity index (χ1) is 9.76. The SMILES string of the molecule is CCSCCc1nc(CC)n(Cc2ccccc2)c1N. The Kier molecular flexibility index (Phi) is 5.53. The van der Waals surface area contributed by atoms with E-state index in [9.17, 15) is 0 Å². The van der Waals surface area contributed by atoms with Crippen LogP contribution in [0.1, 0.15) is 30.9 Å². The van der Waals surface area contributed by atoms with Gasteiger partial charge in [0.05, 0.1) is 12.2 Å². The van der Waals surface area contributed by atoms with Crippen molar-refractivity contribution in [3.63, 3.8) is 0 Å². The minimum Gasteiger partial charge on any atom is -0.384 e. The zero-order chi connectivity index (χ0) is 14.4. The molecule has 0 saturated heterocycles. The molecule has 0 amide bonds. The standard InChI is InChI=1S/C16H23N3S/c1-3-15-18-14(10-11-20-4-2)16(17)19(15)12-13-8-6-5-7-9-13/h5-9H,3-4,10-12,17H2,1-2H3. The first-order valence-electron chi connectivity index (χ1n) is 7.21. The van der Waals surface area contributed by atoms with E-state index in [0.717, 1.165) is 48.2 Å². The molecule has 0 bridgehead atoms. The molecule has 20 heavy (non-hydrogen) atoms. The van der Waals surface area contributed by atoms with Gasteiger partial charge < -0.3 is 10.3 Å². The highest BCUT2D eigenvalue weighted by molar-refractivity contribution is 7.99. The number of rotatable bonds is 7. The number of nitrogens with two attached hydrogens (primary N) is 1. The summed E-state index contributed by atoms with van der Waals surface area (Å²) in [6, 6.07) is 10.4. The summed E-state index contributed by atoms with van der Waals surface area (Å²) in [6.45, 7) is 5.12. The van der Waals surface area contributed by atoms with Gasteiger partial charge in [-0.05, 0) is 17.1 Å². The molecule has 2 aromatic rings. The number of thioether (sulfide) groups is 1. The number of aromatic nitrogens is 2. The summed E-state index contributed by atoms with van der Waals surface area (Å²) in [5.41, 5.74) is 8.62. The number of anilines is 1. The molecule has 0 unspecified atom stereocenters. The van der Waals surface area contributed by atoms with Crippen molar-refractivity contribution in [1.82, 2.24) is 9.55 Å². The Morgan fingerprint density at radius 2 is 1.95 bits per heavy atom. The number of benzene rings is 1. The number of aryl methyl sites for hydroxylation is 2. The molecule has 0 spiro atoms. The lowest BCUT2D eigenvalue weighted by Crippen LogP contribution is -2.08. The highest BCUT2D eigenvalue weighted by Gasteiger charge is 2.13. The Bertz CT molecular complexity index is 534. The third-order valence-electron chi connectivity index (χ3n) is 3.35. The van der Waals surface area contributed by atoms with Crippen molar-refractivity contribution in [2.24, 2.45) is 0 Å². The van der Waals surface area contributed by atoms with Crippen LogP contribution in [0.15, 0.2) is 30.3 Å². The van der Waals surface area contributed by atoms with Crippen molar-refractivity contribution in [3.05, 3.63) is 47.4 Å². The van der Waals surface area contributed by atoms with E-state index < -0.39 is 0 Å². The smallest absolute Gasteiger partial charge is 0.127 e. The maximum absolute atomic E-state index is 6.30. The van der Waals surface area contributed by atoms with E-state index in [1.807, 2.05) is 17.8 Å². The van der Waals surface area contributed by atoms with Crippen LogP contribution in [0.4, 0.5) is 5.82 Å². The van der Waals surface area contributed by atoms with E-state index in [1.165, 1.54) is 5.56 Å². The van der Waals surface area contributed by atoms with Gasteiger partial charge in [-0.15, -0.1) is 0 Å². The molecule has 0 aliphatic rings. The Hall–Kier alpha value is -1.42. The van der Waals surface area contributed by atoms with Crippen molar-refractivity contribution in [2.45, 2.75) is 33.2 Å². The van der Waals surface area contributed by atoms with E-state index in [2.05, 4.69) is 42.7 Å². The van der Waals surface area contributed by atoms with Gasteiger partial charge in [-0.2, -0.15) is 11.8 Å². The van der Waals surface area contributed by atoms with Gasteiger partial charge in [0.25, 0.3) is 0 Å². The zero-order valence-electron chi connectivity index (χ0n) is 12.3. The molecule has 2 N–H and O–H groups in total. The Balaban J connectivity index is 2.18. The molecule has 0 radical (unpaired) electrons. The van der Waals surface area contributed by atoms with E-state index in [4.69, 9.17) is 10.7 Å². The quantitative estimate of drug-likeness (QED) is 0.795. The van der Waals surface area contributed by atoms with Crippen molar-refractivity contribution in [2.75, 3.05) is 17.2 Å². The second-order valence-electron chi connectivity index (χ2n) is 4.73. The second-order valence-corrected chi connectivity index (χ2v) is 6.13. The minimum absolute atomic E-state index is 0.809. The maximum atomic E-state index is 6.30. The molecule has 3 nitrogen and oxygen atoms in total. The second kappa shape index (κ2) is 7.39. The van der Waals surface area contributed by atoms with E-state index in [-0.39, 0.29) is 0 Å².